The average Bonchev–Trinajstić information content (AvgIpc) is 3.56. The molecule has 4 heteroatoms. The molecule has 0 bridgehead atoms. The van der Waals surface area contributed by atoms with Gasteiger partial charge in [0.2, 0.25) is 0 Å². The van der Waals surface area contributed by atoms with Crippen molar-refractivity contribution < 1.29 is 0 Å². The number of nitrogens with zero attached hydrogens (tertiary/aromatic N) is 4. The number of aromatic nitrogens is 4. The Labute approximate surface area is 229 Å². The van der Waals surface area contributed by atoms with E-state index in [4.69, 9.17) is 9.97 Å². The fraction of sp³-hybridized carbons (Fsp3) is 0. The first-order valence-electron chi connectivity index (χ1n) is 13.5. The minimum Gasteiger partial charge on any atom is -0.278 e. The second kappa shape index (κ2) is 8.01. The highest BCUT2D eigenvalue weighted by molar-refractivity contribution is 6.16. The summed E-state index contributed by atoms with van der Waals surface area (Å²) in [5.74, 6) is 0.878. The van der Waals surface area contributed by atoms with Crippen LogP contribution in [-0.4, -0.2) is 18.9 Å². The molecule has 0 aliphatic heterocycles. The Kier molecular flexibility index (Phi) is 4.30. The minimum absolute atomic E-state index is 0.878. The van der Waals surface area contributed by atoms with Gasteiger partial charge in [0.25, 0.3) is 0 Å². The number of benzene rings is 5. The molecule has 9 aromatic rings. The highest BCUT2D eigenvalue weighted by Crippen LogP contribution is 2.38. The summed E-state index contributed by atoms with van der Waals surface area (Å²) >= 11 is 0. The summed E-state index contributed by atoms with van der Waals surface area (Å²) in [5.41, 5.74) is 8.49. The Hall–Kier alpha value is -5.48. The zero-order chi connectivity index (χ0) is 26.2. The summed E-state index contributed by atoms with van der Waals surface area (Å²) in [4.78, 5) is 10.6. The number of fused-ring (bicyclic) bond motifs is 11. The van der Waals surface area contributed by atoms with Gasteiger partial charge < -0.3 is 0 Å². The van der Waals surface area contributed by atoms with Crippen molar-refractivity contribution in [1.82, 2.24) is 18.9 Å². The van der Waals surface area contributed by atoms with Gasteiger partial charge in [0.05, 0.1) is 16.6 Å². The molecule has 4 aromatic heterocycles. The molecule has 4 nitrogen and oxygen atoms in total. The molecule has 186 valence electrons. The fourth-order valence-electron chi connectivity index (χ4n) is 6.36. The molecular weight excluding hydrogens is 488 g/mol. The lowest BCUT2D eigenvalue weighted by atomic mass is 10.0. The van der Waals surface area contributed by atoms with Crippen LogP contribution in [0, 0.1) is 0 Å². The molecule has 0 fully saturated rings. The van der Waals surface area contributed by atoms with E-state index < -0.39 is 0 Å². The molecule has 40 heavy (non-hydrogen) atoms. The molecule has 0 radical (unpaired) electrons. The second-order valence-corrected chi connectivity index (χ2v) is 10.3. The third-order valence-electron chi connectivity index (χ3n) is 8.08. The summed E-state index contributed by atoms with van der Waals surface area (Å²) in [6.07, 6.45) is 0. The van der Waals surface area contributed by atoms with Crippen LogP contribution < -0.4 is 0 Å². The monoisotopic (exact) mass is 510 g/mol. The molecule has 0 aliphatic carbocycles. The maximum absolute atomic E-state index is 5.33. The van der Waals surface area contributed by atoms with Crippen LogP contribution in [0.3, 0.4) is 0 Å². The van der Waals surface area contributed by atoms with Gasteiger partial charge in [0, 0.05) is 21.5 Å². The third-order valence-corrected chi connectivity index (χ3v) is 8.08. The molecule has 5 aromatic carbocycles. The topological polar surface area (TPSA) is 35.1 Å². The lowest BCUT2D eigenvalue weighted by Gasteiger charge is -2.14. The van der Waals surface area contributed by atoms with Crippen molar-refractivity contribution in [2.24, 2.45) is 0 Å². The van der Waals surface area contributed by atoms with Crippen molar-refractivity contribution in [3.8, 4) is 16.9 Å². The minimum atomic E-state index is 0.878. The first-order chi connectivity index (χ1) is 19.9. The fourth-order valence-corrected chi connectivity index (χ4v) is 6.36. The maximum Gasteiger partial charge on any atom is 0.152 e. The molecule has 0 aliphatic rings. The molecular formula is C36H22N4. The molecule has 0 N–H and O–H groups in total. The van der Waals surface area contributed by atoms with E-state index >= 15 is 0 Å². The number of pyridine rings is 2. The van der Waals surface area contributed by atoms with E-state index in [9.17, 15) is 0 Å². The quantitative estimate of drug-likeness (QED) is 0.218. The zero-order valence-corrected chi connectivity index (χ0v) is 21.5. The van der Waals surface area contributed by atoms with Crippen molar-refractivity contribution in [2.45, 2.75) is 0 Å². The van der Waals surface area contributed by atoms with E-state index in [0.717, 1.165) is 60.9 Å². The Morgan fingerprint density at radius 3 is 1.93 bits per heavy atom. The van der Waals surface area contributed by atoms with Gasteiger partial charge in [0.15, 0.2) is 5.65 Å². The van der Waals surface area contributed by atoms with Gasteiger partial charge in [-0.05, 0) is 40.8 Å². The summed E-state index contributed by atoms with van der Waals surface area (Å²) < 4.78 is 4.62. The van der Waals surface area contributed by atoms with Gasteiger partial charge in [-0.2, -0.15) is 0 Å². The zero-order valence-electron chi connectivity index (χ0n) is 21.5. The smallest absolute Gasteiger partial charge is 0.152 e. The number of imidazole rings is 1. The van der Waals surface area contributed by atoms with Crippen LogP contribution >= 0.6 is 0 Å². The van der Waals surface area contributed by atoms with E-state index in [-0.39, 0.29) is 0 Å². The van der Waals surface area contributed by atoms with Crippen LogP contribution in [0.25, 0.3) is 77.2 Å². The SMILES string of the molecule is c1ccc(-c2cc(-n3c4ccccc4c4nc5c6ccccc6c6ccccc6n5c43)nc3ccccc23)cc1. The van der Waals surface area contributed by atoms with Crippen LogP contribution in [0.5, 0.6) is 0 Å². The van der Waals surface area contributed by atoms with Gasteiger partial charge in [-0.1, -0.05) is 109 Å². The first kappa shape index (κ1) is 21.5. The van der Waals surface area contributed by atoms with Crippen molar-refractivity contribution in [2.75, 3.05) is 0 Å². The van der Waals surface area contributed by atoms with Gasteiger partial charge in [-0.15, -0.1) is 0 Å². The normalized spacial score (nSPS) is 12.0. The highest BCUT2D eigenvalue weighted by atomic mass is 15.2. The molecule has 0 unspecified atom stereocenters. The lowest BCUT2D eigenvalue weighted by molar-refractivity contribution is 1.07. The Bertz CT molecular complexity index is 2430. The Morgan fingerprint density at radius 1 is 0.475 bits per heavy atom. The predicted molar refractivity (Wildman–Crippen MR) is 165 cm³/mol. The van der Waals surface area contributed by atoms with Crippen LogP contribution in [0.15, 0.2) is 133 Å². The molecule has 0 amide bonds. The van der Waals surface area contributed by atoms with Crippen molar-refractivity contribution in [3.63, 3.8) is 0 Å². The molecule has 0 spiro atoms. The van der Waals surface area contributed by atoms with Crippen molar-refractivity contribution in [1.29, 1.82) is 0 Å². The molecule has 0 atom stereocenters. The summed E-state index contributed by atoms with van der Waals surface area (Å²) in [6.45, 7) is 0. The summed E-state index contributed by atoms with van der Waals surface area (Å²) in [6, 6.07) is 46.9. The van der Waals surface area contributed by atoms with Crippen LogP contribution in [0.1, 0.15) is 0 Å². The number of para-hydroxylation sites is 3. The van der Waals surface area contributed by atoms with Crippen molar-refractivity contribution in [3.05, 3.63) is 133 Å². The van der Waals surface area contributed by atoms with E-state index in [2.05, 4.69) is 142 Å². The van der Waals surface area contributed by atoms with E-state index in [1.54, 1.807) is 0 Å². The molecule has 9 rings (SSSR count). The Balaban J connectivity index is 1.52. The van der Waals surface area contributed by atoms with Gasteiger partial charge in [-0.25, -0.2) is 9.97 Å². The van der Waals surface area contributed by atoms with Crippen molar-refractivity contribution >= 4 is 60.3 Å². The highest BCUT2D eigenvalue weighted by Gasteiger charge is 2.22. The maximum atomic E-state index is 5.33. The first-order valence-corrected chi connectivity index (χ1v) is 13.5. The molecule has 4 heterocycles. The summed E-state index contributed by atoms with van der Waals surface area (Å²) in [7, 11) is 0. The molecule has 0 saturated carbocycles. The standard InChI is InChI=1S/C36H22N4/c1-2-12-23(13-3-1)29-22-33(37-30-19-9-6-15-25(29)30)39-32-21-11-8-18-28(32)34-36(39)40-31-20-10-7-16-26(31)24-14-4-5-17-27(24)35(40)38-34/h1-22H. The second-order valence-electron chi connectivity index (χ2n) is 10.3. The number of hydrogen-bond donors (Lipinski definition) is 0. The van der Waals surface area contributed by atoms with E-state index in [1.165, 1.54) is 16.3 Å². The van der Waals surface area contributed by atoms with Gasteiger partial charge in [0.1, 0.15) is 17.0 Å². The average molecular weight is 511 g/mol. The van der Waals surface area contributed by atoms with E-state index in [1.807, 2.05) is 0 Å². The third kappa shape index (κ3) is 2.85. The number of rotatable bonds is 2. The largest absolute Gasteiger partial charge is 0.278 e. The summed E-state index contributed by atoms with van der Waals surface area (Å²) in [5, 5.41) is 5.82. The van der Waals surface area contributed by atoms with E-state index in [0.29, 0.717) is 0 Å². The predicted octanol–water partition coefficient (Wildman–Crippen LogP) is 8.95. The van der Waals surface area contributed by atoms with Gasteiger partial charge in [-0.3, -0.25) is 8.97 Å². The van der Waals surface area contributed by atoms with Crippen LogP contribution in [0.2, 0.25) is 0 Å². The number of hydrogen-bond acceptors (Lipinski definition) is 2. The van der Waals surface area contributed by atoms with Gasteiger partial charge >= 0.3 is 0 Å². The Morgan fingerprint density at radius 2 is 1.10 bits per heavy atom. The lowest BCUT2D eigenvalue weighted by Crippen LogP contribution is -2.02. The molecule has 0 saturated heterocycles. The van der Waals surface area contributed by atoms with Crippen LogP contribution in [-0.2, 0) is 0 Å². The van der Waals surface area contributed by atoms with Crippen LogP contribution in [0.4, 0.5) is 0 Å².